The lowest BCUT2D eigenvalue weighted by molar-refractivity contribution is -0.154. The first-order chi connectivity index (χ1) is 14.2. The van der Waals surface area contributed by atoms with Crippen LogP contribution in [0.5, 0.6) is 0 Å². The van der Waals surface area contributed by atoms with Crippen LogP contribution in [0, 0.1) is 23.7 Å². The number of carbonyl (C=O) groups is 4. The smallest absolute Gasteiger partial charge is 0.326 e. The van der Waals surface area contributed by atoms with E-state index in [0.29, 0.717) is 11.4 Å². The number of esters is 1. The van der Waals surface area contributed by atoms with Gasteiger partial charge in [0.25, 0.3) is 5.91 Å². The van der Waals surface area contributed by atoms with Gasteiger partial charge in [-0.15, -0.1) is 23.2 Å². The Morgan fingerprint density at radius 1 is 1.07 bits per heavy atom. The molecule has 30 heavy (non-hydrogen) atoms. The number of fused-ring (bicyclic) bond motifs is 5. The van der Waals surface area contributed by atoms with Crippen LogP contribution >= 0.6 is 46.4 Å². The van der Waals surface area contributed by atoms with Crippen molar-refractivity contribution in [3.05, 3.63) is 28.2 Å². The number of rotatable bonds is 5. The highest BCUT2D eigenvalue weighted by Gasteiger charge is 2.66. The minimum absolute atomic E-state index is 0.171. The molecule has 0 unspecified atom stereocenters. The van der Waals surface area contributed by atoms with Crippen LogP contribution in [0.4, 0.5) is 5.69 Å². The summed E-state index contributed by atoms with van der Waals surface area (Å²) < 4.78 is 4.91. The minimum atomic E-state index is -0.874. The van der Waals surface area contributed by atoms with Gasteiger partial charge in [-0.3, -0.25) is 24.1 Å². The van der Waals surface area contributed by atoms with E-state index < -0.39 is 48.7 Å². The lowest BCUT2D eigenvalue weighted by Gasteiger charge is -2.28. The Hall–Kier alpha value is -1.54. The van der Waals surface area contributed by atoms with Crippen LogP contribution in [0.2, 0.25) is 10.0 Å². The van der Waals surface area contributed by atoms with Crippen LogP contribution in [-0.4, -0.2) is 52.5 Å². The van der Waals surface area contributed by atoms with Crippen molar-refractivity contribution in [3.8, 4) is 0 Å². The second kappa shape index (κ2) is 8.19. The second-order valence-electron chi connectivity index (χ2n) is 7.60. The van der Waals surface area contributed by atoms with Gasteiger partial charge in [-0.2, -0.15) is 0 Å². The molecule has 11 heteroatoms. The van der Waals surface area contributed by atoms with E-state index in [0.717, 1.165) is 4.90 Å². The first kappa shape index (κ1) is 21.7. The number of imide groups is 1. The van der Waals surface area contributed by atoms with Gasteiger partial charge in [-0.1, -0.05) is 23.2 Å². The first-order valence-corrected chi connectivity index (χ1v) is 10.9. The quantitative estimate of drug-likeness (QED) is 0.386. The molecule has 4 rings (SSSR count). The molecule has 2 aliphatic carbocycles. The summed E-state index contributed by atoms with van der Waals surface area (Å²) in [5.41, 5.74) is 0.268. The number of hydrogen-bond acceptors (Lipinski definition) is 5. The Balaban J connectivity index is 1.32. The molecule has 7 nitrogen and oxygen atoms in total. The van der Waals surface area contributed by atoms with Crippen molar-refractivity contribution in [2.75, 3.05) is 18.5 Å². The molecule has 1 aromatic rings. The van der Waals surface area contributed by atoms with Gasteiger partial charge in [0.2, 0.25) is 11.8 Å². The molecule has 0 radical (unpaired) electrons. The Kier molecular flexibility index (Phi) is 5.92. The molecule has 2 saturated carbocycles. The van der Waals surface area contributed by atoms with Gasteiger partial charge in [-0.05, 0) is 36.5 Å². The summed E-state index contributed by atoms with van der Waals surface area (Å²) >= 11 is 24.4. The van der Waals surface area contributed by atoms with E-state index in [1.807, 2.05) is 0 Å². The molecule has 2 bridgehead atoms. The zero-order chi connectivity index (χ0) is 21.7. The predicted octanol–water partition coefficient (Wildman–Crippen LogP) is 2.94. The van der Waals surface area contributed by atoms with E-state index in [1.54, 1.807) is 6.07 Å². The van der Waals surface area contributed by atoms with Gasteiger partial charge in [0.05, 0.1) is 33.3 Å². The normalized spacial score (nSPS) is 31.8. The molecular formula is C19H16Cl4N2O5. The van der Waals surface area contributed by atoms with Crippen LogP contribution in [-0.2, 0) is 23.9 Å². The third kappa shape index (κ3) is 3.66. The van der Waals surface area contributed by atoms with E-state index in [9.17, 15) is 19.2 Å². The molecule has 160 valence electrons. The standard InChI is InChI=1S/C19H16Cl4N2O5/c20-7-1-2-10(21)11(3-7)24-12(26)6-30-13(27)5-25-18(28)14-8-4-9(15(14)19(25)29)17(23)16(8)22/h1-3,8-9,14-17H,4-6H2,(H,24,26)/t8-,9-,14-,15+,16+,17+/m1/s1. The summed E-state index contributed by atoms with van der Waals surface area (Å²) in [6.45, 7) is -1.17. The highest BCUT2D eigenvalue weighted by molar-refractivity contribution is 6.35. The molecule has 1 aliphatic heterocycles. The molecule has 1 aromatic carbocycles. The maximum Gasteiger partial charge on any atom is 0.326 e. The van der Waals surface area contributed by atoms with Crippen LogP contribution < -0.4 is 5.32 Å². The number of benzene rings is 1. The molecule has 3 aliphatic rings. The molecule has 3 fully saturated rings. The minimum Gasteiger partial charge on any atom is -0.454 e. The second-order valence-corrected chi connectivity index (χ2v) is 9.45. The fourth-order valence-corrected chi connectivity index (χ4v) is 5.90. The third-order valence-corrected chi connectivity index (χ3v) is 7.82. The zero-order valence-corrected chi connectivity index (χ0v) is 18.3. The topological polar surface area (TPSA) is 92.8 Å². The lowest BCUT2D eigenvalue weighted by Crippen LogP contribution is -2.38. The van der Waals surface area contributed by atoms with E-state index in [2.05, 4.69) is 5.32 Å². The van der Waals surface area contributed by atoms with Gasteiger partial charge in [0, 0.05) is 5.02 Å². The SMILES string of the molecule is O=C(COC(=O)CN1C(=O)[C@@H]2[C@H]3C[C@@H]([C@H](Cl)[C@H]3Cl)[C@@H]2C1=O)Nc1cc(Cl)ccc1Cl. The number of hydrogen-bond donors (Lipinski definition) is 1. The van der Waals surface area contributed by atoms with Crippen molar-refractivity contribution in [1.82, 2.24) is 4.90 Å². The summed E-state index contributed by atoms with van der Waals surface area (Å²) in [4.78, 5) is 50.5. The Morgan fingerprint density at radius 3 is 2.27 bits per heavy atom. The summed E-state index contributed by atoms with van der Waals surface area (Å²) in [5.74, 6) is -3.80. The van der Waals surface area contributed by atoms with Crippen molar-refractivity contribution in [1.29, 1.82) is 0 Å². The number of alkyl halides is 2. The fraction of sp³-hybridized carbons (Fsp3) is 0.474. The van der Waals surface area contributed by atoms with Gasteiger partial charge in [0.1, 0.15) is 6.54 Å². The molecular weight excluding hydrogens is 478 g/mol. The summed E-state index contributed by atoms with van der Waals surface area (Å²) in [6.07, 6.45) is 0.639. The number of nitrogens with zero attached hydrogens (tertiary/aromatic N) is 1. The lowest BCUT2D eigenvalue weighted by atomic mass is 9.80. The molecule has 6 atom stereocenters. The van der Waals surface area contributed by atoms with Gasteiger partial charge in [0.15, 0.2) is 6.61 Å². The van der Waals surface area contributed by atoms with Crippen LogP contribution in [0.3, 0.4) is 0 Å². The average Bonchev–Trinajstić information content (AvgIpc) is 3.30. The fourth-order valence-electron chi connectivity index (χ4n) is 4.67. The van der Waals surface area contributed by atoms with Crippen molar-refractivity contribution in [3.63, 3.8) is 0 Å². The van der Waals surface area contributed by atoms with Crippen LogP contribution in [0.15, 0.2) is 18.2 Å². The molecule has 0 aromatic heterocycles. The molecule has 1 saturated heterocycles. The largest absolute Gasteiger partial charge is 0.454 e. The van der Waals surface area contributed by atoms with Crippen molar-refractivity contribution < 1.29 is 23.9 Å². The number of nitrogens with one attached hydrogen (secondary N) is 1. The van der Waals surface area contributed by atoms with Gasteiger partial charge >= 0.3 is 5.97 Å². The Labute approximate surface area is 191 Å². The third-order valence-electron chi connectivity index (χ3n) is 5.93. The number of likely N-dealkylation sites (tertiary alicyclic amines) is 1. The number of halogens is 4. The van der Waals surface area contributed by atoms with Crippen molar-refractivity contribution in [2.24, 2.45) is 23.7 Å². The average molecular weight is 494 g/mol. The molecule has 1 heterocycles. The molecule has 1 N–H and O–H groups in total. The number of amides is 3. The van der Waals surface area contributed by atoms with Gasteiger partial charge < -0.3 is 10.1 Å². The first-order valence-electron chi connectivity index (χ1n) is 9.23. The Bertz CT molecular complexity index is 909. The zero-order valence-electron chi connectivity index (χ0n) is 15.3. The maximum atomic E-state index is 12.7. The monoisotopic (exact) mass is 492 g/mol. The summed E-state index contributed by atoms with van der Waals surface area (Å²) in [6, 6.07) is 4.52. The van der Waals surface area contributed by atoms with E-state index in [-0.39, 0.29) is 33.3 Å². The van der Waals surface area contributed by atoms with E-state index in [1.165, 1.54) is 12.1 Å². The predicted molar refractivity (Wildman–Crippen MR) is 111 cm³/mol. The van der Waals surface area contributed by atoms with Crippen LogP contribution in [0.25, 0.3) is 0 Å². The highest BCUT2D eigenvalue weighted by Crippen LogP contribution is 2.59. The summed E-state index contributed by atoms with van der Waals surface area (Å²) in [5, 5.41) is 2.37. The highest BCUT2D eigenvalue weighted by atomic mass is 35.5. The van der Waals surface area contributed by atoms with Crippen molar-refractivity contribution >= 4 is 75.8 Å². The van der Waals surface area contributed by atoms with Crippen molar-refractivity contribution in [2.45, 2.75) is 17.2 Å². The number of carbonyl (C=O) groups excluding carboxylic acids is 4. The maximum absolute atomic E-state index is 12.7. The number of anilines is 1. The van der Waals surface area contributed by atoms with Gasteiger partial charge in [-0.25, -0.2) is 0 Å². The van der Waals surface area contributed by atoms with E-state index >= 15 is 0 Å². The summed E-state index contributed by atoms with van der Waals surface area (Å²) in [7, 11) is 0. The Morgan fingerprint density at radius 2 is 1.67 bits per heavy atom. The number of ether oxygens (including phenoxy) is 1. The van der Waals surface area contributed by atoms with E-state index in [4.69, 9.17) is 51.1 Å². The molecule has 0 spiro atoms. The van der Waals surface area contributed by atoms with Crippen LogP contribution in [0.1, 0.15) is 6.42 Å². The molecule has 3 amide bonds.